The second kappa shape index (κ2) is 6.95. The SMILES string of the molecule is CCCOCC(NN)c1cccc(Br)c1. The first-order chi connectivity index (χ1) is 7.27. The highest BCUT2D eigenvalue weighted by molar-refractivity contribution is 9.10. The van der Waals surface area contributed by atoms with E-state index in [0.29, 0.717) is 6.61 Å². The number of nitrogens with two attached hydrogens (primary N) is 1. The third kappa shape index (κ3) is 4.30. The van der Waals surface area contributed by atoms with E-state index in [1.54, 1.807) is 0 Å². The van der Waals surface area contributed by atoms with E-state index in [1.807, 2.05) is 24.3 Å². The molecule has 0 fully saturated rings. The van der Waals surface area contributed by atoms with Crippen molar-refractivity contribution in [1.82, 2.24) is 5.43 Å². The van der Waals surface area contributed by atoms with Crippen LogP contribution in [0.2, 0.25) is 0 Å². The number of hydrogen-bond acceptors (Lipinski definition) is 3. The van der Waals surface area contributed by atoms with Gasteiger partial charge in [0, 0.05) is 11.1 Å². The Balaban J connectivity index is 2.57. The number of hydrogen-bond donors (Lipinski definition) is 2. The summed E-state index contributed by atoms with van der Waals surface area (Å²) in [4.78, 5) is 0. The Labute approximate surface area is 99.1 Å². The molecule has 1 atom stereocenters. The fourth-order valence-corrected chi connectivity index (χ4v) is 1.73. The molecule has 0 radical (unpaired) electrons. The molecule has 3 nitrogen and oxygen atoms in total. The van der Waals surface area contributed by atoms with Crippen LogP contribution in [0.3, 0.4) is 0 Å². The van der Waals surface area contributed by atoms with Crippen molar-refractivity contribution in [2.45, 2.75) is 19.4 Å². The molecule has 3 N–H and O–H groups in total. The lowest BCUT2D eigenvalue weighted by Crippen LogP contribution is -2.31. The summed E-state index contributed by atoms with van der Waals surface area (Å²) in [6.07, 6.45) is 1.02. The standard InChI is InChI=1S/C11H17BrN2O/c1-2-6-15-8-11(14-13)9-4-3-5-10(12)7-9/h3-5,7,11,14H,2,6,8,13H2,1H3. The van der Waals surface area contributed by atoms with E-state index in [2.05, 4.69) is 28.3 Å². The largest absolute Gasteiger partial charge is 0.379 e. The molecule has 0 saturated carbocycles. The minimum absolute atomic E-state index is 0.0500. The Kier molecular flexibility index (Phi) is 5.86. The Bertz CT molecular complexity index is 294. The number of ether oxygens (including phenoxy) is 1. The third-order valence-electron chi connectivity index (χ3n) is 2.09. The number of benzene rings is 1. The maximum atomic E-state index is 5.49. The highest BCUT2D eigenvalue weighted by Gasteiger charge is 2.09. The van der Waals surface area contributed by atoms with Crippen LogP contribution < -0.4 is 11.3 Å². The number of halogens is 1. The minimum Gasteiger partial charge on any atom is -0.379 e. The molecular formula is C11H17BrN2O. The Morgan fingerprint density at radius 2 is 2.33 bits per heavy atom. The summed E-state index contributed by atoms with van der Waals surface area (Å²) >= 11 is 3.43. The van der Waals surface area contributed by atoms with Gasteiger partial charge in [0.1, 0.15) is 0 Å². The van der Waals surface area contributed by atoms with Gasteiger partial charge in [-0.3, -0.25) is 11.3 Å². The molecule has 1 aromatic carbocycles. The first-order valence-corrected chi connectivity index (χ1v) is 5.86. The maximum Gasteiger partial charge on any atom is 0.0694 e. The molecule has 1 aromatic rings. The summed E-state index contributed by atoms with van der Waals surface area (Å²) in [5.41, 5.74) is 3.89. The highest BCUT2D eigenvalue weighted by Crippen LogP contribution is 2.17. The van der Waals surface area contributed by atoms with Gasteiger partial charge >= 0.3 is 0 Å². The molecule has 1 rings (SSSR count). The molecule has 0 aromatic heterocycles. The van der Waals surface area contributed by atoms with Crippen molar-refractivity contribution >= 4 is 15.9 Å². The van der Waals surface area contributed by atoms with Crippen LogP contribution in [0.25, 0.3) is 0 Å². The first kappa shape index (κ1) is 12.6. The van der Waals surface area contributed by atoms with Crippen molar-refractivity contribution in [3.63, 3.8) is 0 Å². The molecule has 0 aliphatic carbocycles. The Morgan fingerprint density at radius 3 is 2.93 bits per heavy atom. The number of rotatable bonds is 6. The summed E-state index contributed by atoms with van der Waals surface area (Å²) in [7, 11) is 0. The smallest absolute Gasteiger partial charge is 0.0694 e. The lowest BCUT2D eigenvalue weighted by Gasteiger charge is -2.16. The van der Waals surface area contributed by atoms with E-state index in [-0.39, 0.29) is 6.04 Å². The predicted molar refractivity (Wildman–Crippen MR) is 65.3 cm³/mol. The molecule has 0 amide bonds. The maximum absolute atomic E-state index is 5.49. The number of hydrazine groups is 1. The van der Waals surface area contributed by atoms with E-state index >= 15 is 0 Å². The number of nitrogens with one attached hydrogen (secondary N) is 1. The zero-order valence-corrected chi connectivity index (χ0v) is 10.5. The average Bonchev–Trinajstić information content (AvgIpc) is 2.24. The summed E-state index contributed by atoms with van der Waals surface area (Å²) in [5, 5.41) is 0. The van der Waals surface area contributed by atoms with Crippen molar-refractivity contribution in [3.8, 4) is 0 Å². The molecule has 4 heteroatoms. The minimum atomic E-state index is 0.0500. The lowest BCUT2D eigenvalue weighted by molar-refractivity contribution is 0.112. The predicted octanol–water partition coefficient (Wildman–Crippen LogP) is 2.38. The van der Waals surface area contributed by atoms with Gasteiger partial charge in [-0.1, -0.05) is 35.0 Å². The van der Waals surface area contributed by atoms with Gasteiger partial charge in [0.2, 0.25) is 0 Å². The van der Waals surface area contributed by atoms with Crippen molar-refractivity contribution in [3.05, 3.63) is 34.3 Å². The fraction of sp³-hybridized carbons (Fsp3) is 0.455. The van der Waals surface area contributed by atoms with Gasteiger partial charge in [0.05, 0.1) is 12.6 Å². The van der Waals surface area contributed by atoms with Gasteiger partial charge in [0.15, 0.2) is 0 Å². The first-order valence-electron chi connectivity index (χ1n) is 5.07. The molecule has 0 bridgehead atoms. The monoisotopic (exact) mass is 272 g/mol. The van der Waals surface area contributed by atoms with E-state index in [4.69, 9.17) is 10.6 Å². The lowest BCUT2D eigenvalue weighted by atomic mass is 10.1. The summed E-state index contributed by atoms with van der Waals surface area (Å²) < 4.78 is 6.52. The second-order valence-electron chi connectivity index (χ2n) is 3.35. The van der Waals surface area contributed by atoms with Gasteiger partial charge in [-0.25, -0.2) is 0 Å². The molecule has 0 aliphatic rings. The average molecular weight is 273 g/mol. The zero-order chi connectivity index (χ0) is 11.1. The van der Waals surface area contributed by atoms with Gasteiger partial charge in [-0.15, -0.1) is 0 Å². The third-order valence-corrected chi connectivity index (χ3v) is 2.58. The van der Waals surface area contributed by atoms with Gasteiger partial charge in [-0.2, -0.15) is 0 Å². The normalized spacial score (nSPS) is 12.7. The molecule has 84 valence electrons. The van der Waals surface area contributed by atoms with Crippen LogP contribution in [0, 0.1) is 0 Å². The van der Waals surface area contributed by atoms with Crippen LogP contribution >= 0.6 is 15.9 Å². The van der Waals surface area contributed by atoms with Crippen LogP contribution in [-0.4, -0.2) is 13.2 Å². The van der Waals surface area contributed by atoms with Crippen LogP contribution in [-0.2, 0) is 4.74 Å². The molecule has 15 heavy (non-hydrogen) atoms. The van der Waals surface area contributed by atoms with Crippen molar-refractivity contribution < 1.29 is 4.74 Å². The van der Waals surface area contributed by atoms with Crippen LogP contribution in [0.5, 0.6) is 0 Å². The van der Waals surface area contributed by atoms with Crippen LogP contribution in [0.1, 0.15) is 24.9 Å². The van der Waals surface area contributed by atoms with E-state index < -0.39 is 0 Å². The van der Waals surface area contributed by atoms with Crippen molar-refractivity contribution in [2.75, 3.05) is 13.2 Å². The summed E-state index contributed by atoms with van der Waals surface area (Å²) in [5.74, 6) is 5.49. The highest BCUT2D eigenvalue weighted by atomic mass is 79.9. The molecule has 0 heterocycles. The van der Waals surface area contributed by atoms with Gasteiger partial charge < -0.3 is 4.74 Å². The molecule has 0 spiro atoms. The molecule has 0 aliphatic heterocycles. The van der Waals surface area contributed by atoms with E-state index in [1.165, 1.54) is 0 Å². The molecular weight excluding hydrogens is 256 g/mol. The van der Waals surface area contributed by atoms with Crippen LogP contribution in [0.15, 0.2) is 28.7 Å². The quantitative estimate of drug-likeness (QED) is 0.475. The summed E-state index contributed by atoms with van der Waals surface area (Å²) in [6.45, 7) is 3.46. The van der Waals surface area contributed by atoms with E-state index in [0.717, 1.165) is 23.1 Å². The topological polar surface area (TPSA) is 47.3 Å². The van der Waals surface area contributed by atoms with Crippen molar-refractivity contribution in [2.24, 2.45) is 5.84 Å². The molecule has 0 saturated heterocycles. The van der Waals surface area contributed by atoms with Gasteiger partial charge in [0.25, 0.3) is 0 Å². The van der Waals surface area contributed by atoms with E-state index in [9.17, 15) is 0 Å². The zero-order valence-electron chi connectivity index (χ0n) is 8.87. The molecule has 1 unspecified atom stereocenters. The fourth-order valence-electron chi connectivity index (χ4n) is 1.31. The Morgan fingerprint density at radius 1 is 1.53 bits per heavy atom. The van der Waals surface area contributed by atoms with Crippen LogP contribution in [0.4, 0.5) is 0 Å². The second-order valence-corrected chi connectivity index (χ2v) is 4.26. The van der Waals surface area contributed by atoms with Crippen molar-refractivity contribution in [1.29, 1.82) is 0 Å². The Hall–Kier alpha value is -0.420. The summed E-state index contributed by atoms with van der Waals surface area (Å²) in [6, 6.07) is 8.10. The van der Waals surface area contributed by atoms with Gasteiger partial charge in [-0.05, 0) is 24.1 Å².